The first-order chi connectivity index (χ1) is 10.1. The van der Waals surface area contributed by atoms with Crippen molar-refractivity contribution in [2.45, 2.75) is 23.8 Å². The van der Waals surface area contributed by atoms with Crippen molar-refractivity contribution < 1.29 is 8.42 Å². The second-order valence-electron chi connectivity index (χ2n) is 4.90. The molecule has 2 aromatic rings. The zero-order valence-electron chi connectivity index (χ0n) is 11.3. The first-order valence-electron chi connectivity index (χ1n) is 6.69. The molecule has 2 heterocycles. The average molecular weight is 318 g/mol. The van der Waals surface area contributed by atoms with Crippen LogP contribution in [0.5, 0.6) is 0 Å². The number of nitriles is 1. The topological polar surface area (TPSA) is 61.2 Å². The second-order valence-corrected chi connectivity index (χ2v) is 7.74. The SMILES string of the molecule is N#Cc1ccccc1S(=O)(=O)N1CCC[C@@H]1c1cccs1. The number of nitrogens with zero attached hydrogens (tertiary/aromatic N) is 2. The van der Waals surface area contributed by atoms with E-state index >= 15 is 0 Å². The molecule has 0 spiro atoms. The highest BCUT2D eigenvalue weighted by Crippen LogP contribution is 2.38. The lowest BCUT2D eigenvalue weighted by atomic mass is 10.2. The summed E-state index contributed by atoms with van der Waals surface area (Å²) in [4.78, 5) is 1.17. The normalized spacial score (nSPS) is 19.5. The molecule has 1 aromatic heterocycles. The molecule has 0 amide bonds. The van der Waals surface area contributed by atoms with E-state index in [9.17, 15) is 8.42 Å². The van der Waals surface area contributed by atoms with Gasteiger partial charge in [-0.2, -0.15) is 9.57 Å². The van der Waals surface area contributed by atoms with E-state index in [4.69, 9.17) is 5.26 Å². The Labute approximate surface area is 128 Å². The maximum atomic E-state index is 12.9. The smallest absolute Gasteiger partial charge is 0.207 e. The summed E-state index contributed by atoms with van der Waals surface area (Å²) < 4.78 is 27.3. The lowest BCUT2D eigenvalue weighted by Crippen LogP contribution is -2.30. The summed E-state index contributed by atoms with van der Waals surface area (Å²) in [5.74, 6) is 0. The van der Waals surface area contributed by atoms with Crippen LogP contribution in [0.3, 0.4) is 0 Å². The summed E-state index contributed by atoms with van der Waals surface area (Å²) in [5, 5.41) is 11.1. The predicted molar refractivity (Wildman–Crippen MR) is 81.3 cm³/mol. The Morgan fingerprint density at radius 2 is 2.05 bits per heavy atom. The van der Waals surface area contributed by atoms with E-state index in [1.807, 2.05) is 23.6 Å². The van der Waals surface area contributed by atoms with Crippen LogP contribution >= 0.6 is 11.3 Å². The Balaban J connectivity index is 2.04. The van der Waals surface area contributed by atoms with Gasteiger partial charge in [0, 0.05) is 11.4 Å². The lowest BCUT2D eigenvalue weighted by Gasteiger charge is -2.23. The molecule has 0 saturated carbocycles. The summed E-state index contributed by atoms with van der Waals surface area (Å²) in [6, 6.07) is 12.2. The van der Waals surface area contributed by atoms with Gasteiger partial charge in [0.15, 0.2) is 0 Å². The van der Waals surface area contributed by atoms with Gasteiger partial charge in [0.05, 0.1) is 16.5 Å². The van der Waals surface area contributed by atoms with Gasteiger partial charge < -0.3 is 0 Å². The average Bonchev–Trinajstić information content (AvgIpc) is 3.17. The van der Waals surface area contributed by atoms with Crippen LogP contribution in [-0.4, -0.2) is 19.3 Å². The fraction of sp³-hybridized carbons (Fsp3) is 0.267. The summed E-state index contributed by atoms with van der Waals surface area (Å²) in [6.45, 7) is 0.505. The maximum Gasteiger partial charge on any atom is 0.244 e. The highest BCUT2D eigenvalue weighted by atomic mass is 32.2. The van der Waals surface area contributed by atoms with Crippen LogP contribution in [0.1, 0.15) is 29.3 Å². The fourth-order valence-corrected chi connectivity index (χ4v) is 5.46. The third kappa shape index (κ3) is 2.48. The van der Waals surface area contributed by atoms with Crippen LogP contribution < -0.4 is 0 Å². The molecule has 1 atom stereocenters. The molecule has 6 heteroatoms. The predicted octanol–water partition coefficient (Wildman–Crippen LogP) is 3.15. The van der Waals surface area contributed by atoms with E-state index in [1.54, 1.807) is 29.5 Å². The number of rotatable bonds is 3. The molecule has 1 aliphatic heterocycles. The molecule has 1 aliphatic rings. The van der Waals surface area contributed by atoms with Crippen molar-refractivity contribution in [3.63, 3.8) is 0 Å². The van der Waals surface area contributed by atoms with Gasteiger partial charge in [-0.25, -0.2) is 8.42 Å². The Bertz CT molecular complexity index is 776. The van der Waals surface area contributed by atoms with Crippen molar-refractivity contribution in [1.29, 1.82) is 5.26 Å². The van der Waals surface area contributed by atoms with E-state index in [0.29, 0.717) is 6.54 Å². The van der Waals surface area contributed by atoms with Crippen molar-refractivity contribution in [3.05, 3.63) is 52.2 Å². The Morgan fingerprint density at radius 3 is 2.76 bits per heavy atom. The van der Waals surface area contributed by atoms with E-state index in [1.165, 1.54) is 10.4 Å². The van der Waals surface area contributed by atoms with E-state index in [0.717, 1.165) is 17.7 Å². The van der Waals surface area contributed by atoms with Gasteiger partial charge >= 0.3 is 0 Å². The van der Waals surface area contributed by atoms with Gasteiger partial charge in [-0.1, -0.05) is 18.2 Å². The molecular formula is C15H14N2O2S2. The largest absolute Gasteiger partial charge is 0.244 e. The monoisotopic (exact) mass is 318 g/mol. The van der Waals surface area contributed by atoms with Crippen molar-refractivity contribution in [3.8, 4) is 6.07 Å². The molecule has 4 nitrogen and oxygen atoms in total. The third-order valence-corrected chi connectivity index (χ3v) is 6.61. The van der Waals surface area contributed by atoms with Crippen LogP contribution in [-0.2, 0) is 10.0 Å². The molecule has 1 fully saturated rings. The molecule has 108 valence electrons. The third-order valence-electron chi connectivity index (χ3n) is 3.67. The standard InChI is InChI=1S/C15H14N2O2S2/c16-11-12-5-1-2-8-15(12)21(18,19)17-9-3-6-13(17)14-7-4-10-20-14/h1-2,4-5,7-8,10,13H,3,6,9H2/t13-/m1/s1. The summed E-state index contributed by atoms with van der Waals surface area (Å²) in [7, 11) is -3.64. The van der Waals surface area contributed by atoms with Gasteiger partial charge in [0.1, 0.15) is 6.07 Å². The van der Waals surface area contributed by atoms with Crippen LogP contribution in [0.2, 0.25) is 0 Å². The quantitative estimate of drug-likeness (QED) is 0.873. The number of sulfonamides is 1. The minimum atomic E-state index is -3.64. The van der Waals surface area contributed by atoms with Gasteiger partial charge in [0.2, 0.25) is 10.0 Å². The zero-order chi connectivity index (χ0) is 14.9. The number of thiophene rings is 1. The molecule has 21 heavy (non-hydrogen) atoms. The lowest BCUT2D eigenvalue weighted by molar-refractivity contribution is 0.401. The first kappa shape index (κ1) is 14.3. The molecular weight excluding hydrogens is 304 g/mol. The van der Waals surface area contributed by atoms with Crippen LogP contribution in [0, 0.1) is 11.3 Å². The molecule has 0 unspecified atom stereocenters. The number of hydrogen-bond acceptors (Lipinski definition) is 4. The Hall–Kier alpha value is -1.68. The van der Waals surface area contributed by atoms with Crippen molar-refractivity contribution in [1.82, 2.24) is 4.31 Å². The molecule has 0 bridgehead atoms. The minimum Gasteiger partial charge on any atom is -0.207 e. The number of benzene rings is 1. The highest BCUT2D eigenvalue weighted by Gasteiger charge is 2.37. The molecule has 3 rings (SSSR count). The second kappa shape index (κ2) is 5.60. The van der Waals surface area contributed by atoms with Crippen molar-refractivity contribution in [2.75, 3.05) is 6.54 Å². The van der Waals surface area contributed by atoms with Gasteiger partial charge in [-0.05, 0) is 36.4 Å². The highest BCUT2D eigenvalue weighted by molar-refractivity contribution is 7.89. The Morgan fingerprint density at radius 1 is 1.24 bits per heavy atom. The first-order valence-corrected chi connectivity index (χ1v) is 9.01. The Kier molecular flexibility index (Phi) is 3.81. The minimum absolute atomic E-state index is 0.107. The van der Waals surface area contributed by atoms with Gasteiger partial charge in [-0.3, -0.25) is 0 Å². The summed E-state index contributed by atoms with van der Waals surface area (Å²) in [5.41, 5.74) is 0.203. The van der Waals surface area contributed by atoms with Crippen LogP contribution in [0.15, 0.2) is 46.7 Å². The van der Waals surface area contributed by atoms with E-state index in [2.05, 4.69) is 0 Å². The van der Waals surface area contributed by atoms with Gasteiger partial charge in [-0.15, -0.1) is 11.3 Å². The fourth-order valence-electron chi connectivity index (χ4n) is 2.70. The van der Waals surface area contributed by atoms with E-state index < -0.39 is 10.0 Å². The molecule has 0 radical (unpaired) electrons. The van der Waals surface area contributed by atoms with Crippen LogP contribution in [0.25, 0.3) is 0 Å². The van der Waals surface area contributed by atoms with Crippen molar-refractivity contribution >= 4 is 21.4 Å². The molecule has 1 aromatic carbocycles. The molecule has 0 aliphatic carbocycles. The van der Waals surface area contributed by atoms with Gasteiger partial charge in [0.25, 0.3) is 0 Å². The van der Waals surface area contributed by atoms with Crippen molar-refractivity contribution in [2.24, 2.45) is 0 Å². The van der Waals surface area contributed by atoms with E-state index in [-0.39, 0.29) is 16.5 Å². The molecule has 0 N–H and O–H groups in total. The number of hydrogen-bond donors (Lipinski definition) is 0. The molecule has 1 saturated heterocycles. The van der Waals surface area contributed by atoms with Crippen LogP contribution in [0.4, 0.5) is 0 Å². The zero-order valence-corrected chi connectivity index (χ0v) is 12.9. The summed E-state index contributed by atoms with van der Waals surface area (Å²) >= 11 is 1.57. The maximum absolute atomic E-state index is 12.9. The summed E-state index contributed by atoms with van der Waals surface area (Å²) in [6.07, 6.45) is 1.67.